The predicted octanol–water partition coefficient (Wildman–Crippen LogP) is 3.51. The van der Waals surface area contributed by atoms with Crippen LogP contribution in [0.1, 0.15) is 16.7 Å². The maximum absolute atomic E-state index is 5.70. The van der Waals surface area contributed by atoms with Gasteiger partial charge < -0.3 is 10.6 Å². The van der Waals surface area contributed by atoms with E-state index in [0.717, 1.165) is 30.4 Å². The molecule has 1 aliphatic heterocycles. The van der Waals surface area contributed by atoms with E-state index in [0.29, 0.717) is 6.54 Å². The van der Waals surface area contributed by atoms with E-state index in [1.807, 2.05) is 0 Å². The van der Waals surface area contributed by atoms with E-state index in [2.05, 4.69) is 63.3 Å². The average molecular weight is 331 g/mol. The quantitative estimate of drug-likeness (QED) is 0.912. The molecule has 0 fully saturated rings. The molecule has 1 heterocycles. The van der Waals surface area contributed by atoms with E-state index < -0.39 is 0 Å². The van der Waals surface area contributed by atoms with Gasteiger partial charge in [0.05, 0.1) is 5.69 Å². The fourth-order valence-corrected chi connectivity index (χ4v) is 3.52. The molecule has 20 heavy (non-hydrogen) atoms. The average Bonchev–Trinajstić information content (AvgIpc) is 2.70. The number of halogens is 1. The predicted molar refractivity (Wildman–Crippen MR) is 88.1 cm³/mol. The minimum Gasteiger partial charge on any atom is -0.370 e. The van der Waals surface area contributed by atoms with Crippen LogP contribution in [-0.2, 0) is 19.4 Å². The van der Waals surface area contributed by atoms with Crippen LogP contribution in [0.2, 0.25) is 0 Å². The summed E-state index contributed by atoms with van der Waals surface area (Å²) < 4.78 is 1.14. The molecule has 0 spiro atoms. The summed E-state index contributed by atoms with van der Waals surface area (Å²) in [5.74, 6) is 0. The van der Waals surface area contributed by atoms with Crippen molar-refractivity contribution in [1.82, 2.24) is 0 Å². The number of anilines is 1. The summed E-state index contributed by atoms with van der Waals surface area (Å²) in [6.07, 6.45) is 2.22. The lowest BCUT2D eigenvalue weighted by molar-refractivity contribution is 0.803. The van der Waals surface area contributed by atoms with Crippen LogP contribution in [0.15, 0.2) is 46.9 Å². The lowest BCUT2D eigenvalue weighted by Crippen LogP contribution is -2.26. The standard InChI is InChI=1S/C17H19BrN2/c18-16-11-13(12-19)5-6-17(16)20-9-7-14-3-1-2-4-15(14)8-10-20/h1-6,11H,7-10,12,19H2. The van der Waals surface area contributed by atoms with Crippen molar-refractivity contribution < 1.29 is 0 Å². The zero-order valence-corrected chi connectivity index (χ0v) is 13.1. The van der Waals surface area contributed by atoms with Crippen LogP contribution in [0.25, 0.3) is 0 Å². The first-order valence-electron chi connectivity index (χ1n) is 7.08. The van der Waals surface area contributed by atoms with Crippen molar-refractivity contribution >= 4 is 21.6 Å². The van der Waals surface area contributed by atoms with Gasteiger partial charge in [0.15, 0.2) is 0 Å². The topological polar surface area (TPSA) is 29.3 Å². The van der Waals surface area contributed by atoms with Gasteiger partial charge in [-0.1, -0.05) is 30.3 Å². The van der Waals surface area contributed by atoms with E-state index in [-0.39, 0.29) is 0 Å². The van der Waals surface area contributed by atoms with Crippen molar-refractivity contribution in [3.8, 4) is 0 Å². The summed E-state index contributed by atoms with van der Waals surface area (Å²) in [7, 11) is 0. The highest BCUT2D eigenvalue weighted by molar-refractivity contribution is 9.10. The molecule has 2 aromatic carbocycles. The van der Waals surface area contributed by atoms with Gasteiger partial charge in [0.1, 0.15) is 0 Å². The van der Waals surface area contributed by atoms with Crippen molar-refractivity contribution in [3.63, 3.8) is 0 Å². The molecule has 1 aliphatic rings. The van der Waals surface area contributed by atoms with Crippen LogP contribution >= 0.6 is 15.9 Å². The lowest BCUT2D eigenvalue weighted by Gasteiger charge is -2.24. The van der Waals surface area contributed by atoms with Gasteiger partial charge in [-0.3, -0.25) is 0 Å². The molecule has 0 aliphatic carbocycles. The third-order valence-corrected chi connectivity index (χ3v) is 4.64. The number of hydrogen-bond acceptors (Lipinski definition) is 2. The number of nitrogens with zero attached hydrogens (tertiary/aromatic N) is 1. The summed E-state index contributed by atoms with van der Waals surface area (Å²) in [6, 6.07) is 15.2. The summed E-state index contributed by atoms with van der Waals surface area (Å²) in [6.45, 7) is 2.72. The molecule has 3 rings (SSSR count). The summed E-state index contributed by atoms with van der Waals surface area (Å²) in [5, 5.41) is 0. The van der Waals surface area contributed by atoms with Crippen LogP contribution < -0.4 is 10.6 Å². The van der Waals surface area contributed by atoms with Gasteiger partial charge in [0.2, 0.25) is 0 Å². The normalized spacial score (nSPS) is 14.8. The molecular formula is C17H19BrN2. The fourth-order valence-electron chi connectivity index (χ4n) is 2.84. The second kappa shape index (κ2) is 5.98. The van der Waals surface area contributed by atoms with Crippen LogP contribution in [0.5, 0.6) is 0 Å². The number of benzene rings is 2. The van der Waals surface area contributed by atoms with E-state index in [1.165, 1.54) is 22.4 Å². The van der Waals surface area contributed by atoms with Gasteiger partial charge >= 0.3 is 0 Å². The zero-order valence-electron chi connectivity index (χ0n) is 11.5. The fraction of sp³-hybridized carbons (Fsp3) is 0.294. The van der Waals surface area contributed by atoms with E-state index in [1.54, 1.807) is 0 Å². The van der Waals surface area contributed by atoms with Crippen molar-refractivity contribution in [2.24, 2.45) is 5.73 Å². The highest BCUT2D eigenvalue weighted by atomic mass is 79.9. The van der Waals surface area contributed by atoms with Gasteiger partial charge in [-0.15, -0.1) is 0 Å². The smallest absolute Gasteiger partial charge is 0.0511 e. The molecule has 0 radical (unpaired) electrons. The monoisotopic (exact) mass is 330 g/mol. The Hall–Kier alpha value is -1.32. The Balaban J connectivity index is 1.83. The Morgan fingerprint density at radius 1 is 1.00 bits per heavy atom. The van der Waals surface area contributed by atoms with Crippen molar-refractivity contribution in [1.29, 1.82) is 0 Å². The van der Waals surface area contributed by atoms with Gasteiger partial charge in [-0.25, -0.2) is 0 Å². The molecule has 2 nitrogen and oxygen atoms in total. The maximum atomic E-state index is 5.70. The maximum Gasteiger partial charge on any atom is 0.0511 e. The van der Waals surface area contributed by atoms with Crippen molar-refractivity contribution in [3.05, 3.63) is 63.6 Å². The summed E-state index contributed by atoms with van der Waals surface area (Å²) in [5.41, 5.74) is 11.1. The Morgan fingerprint density at radius 2 is 1.65 bits per heavy atom. The molecule has 0 atom stereocenters. The number of fused-ring (bicyclic) bond motifs is 1. The second-order valence-corrected chi connectivity index (χ2v) is 6.10. The van der Waals surface area contributed by atoms with Crippen molar-refractivity contribution in [2.45, 2.75) is 19.4 Å². The molecule has 2 aromatic rings. The third kappa shape index (κ3) is 2.74. The van der Waals surface area contributed by atoms with Crippen LogP contribution in [-0.4, -0.2) is 13.1 Å². The van der Waals surface area contributed by atoms with Gasteiger partial charge in [0.25, 0.3) is 0 Å². The lowest BCUT2D eigenvalue weighted by atomic mass is 10.0. The molecule has 104 valence electrons. The summed E-state index contributed by atoms with van der Waals surface area (Å²) in [4.78, 5) is 2.46. The first kappa shape index (κ1) is 13.7. The Bertz CT molecular complexity index is 583. The Labute approximate surface area is 128 Å². The van der Waals surface area contributed by atoms with E-state index in [4.69, 9.17) is 5.73 Å². The summed E-state index contributed by atoms with van der Waals surface area (Å²) >= 11 is 3.69. The minimum atomic E-state index is 0.588. The first-order chi connectivity index (χ1) is 9.78. The second-order valence-electron chi connectivity index (χ2n) is 5.25. The van der Waals surface area contributed by atoms with Gasteiger partial charge in [-0.2, -0.15) is 0 Å². The first-order valence-corrected chi connectivity index (χ1v) is 7.87. The number of nitrogens with two attached hydrogens (primary N) is 1. The van der Waals surface area contributed by atoms with Crippen LogP contribution in [0.4, 0.5) is 5.69 Å². The van der Waals surface area contributed by atoms with Gasteiger partial charge in [-0.05, 0) is 57.6 Å². The third-order valence-electron chi connectivity index (χ3n) is 4.01. The number of hydrogen-bond donors (Lipinski definition) is 1. The minimum absolute atomic E-state index is 0.588. The Kier molecular flexibility index (Phi) is 4.08. The number of rotatable bonds is 2. The molecule has 0 unspecified atom stereocenters. The molecule has 0 aromatic heterocycles. The SMILES string of the molecule is NCc1ccc(N2CCc3ccccc3CC2)c(Br)c1. The van der Waals surface area contributed by atoms with Crippen LogP contribution in [0, 0.1) is 0 Å². The van der Waals surface area contributed by atoms with E-state index >= 15 is 0 Å². The highest BCUT2D eigenvalue weighted by Crippen LogP contribution is 2.29. The van der Waals surface area contributed by atoms with Gasteiger partial charge in [0, 0.05) is 24.1 Å². The molecule has 0 saturated heterocycles. The van der Waals surface area contributed by atoms with Crippen molar-refractivity contribution in [2.75, 3.05) is 18.0 Å². The van der Waals surface area contributed by atoms with Crippen LogP contribution in [0.3, 0.4) is 0 Å². The molecule has 0 saturated carbocycles. The molecule has 0 bridgehead atoms. The molecule has 0 amide bonds. The van der Waals surface area contributed by atoms with E-state index in [9.17, 15) is 0 Å². The Morgan fingerprint density at radius 3 is 2.20 bits per heavy atom. The molecule has 3 heteroatoms. The molecule has 2 N–H and O–H groups in total. The highest BCUT2D eigenvalue weighted by Gasteiger charge is 2.15. The largest absolute Gasteiger partial charge is 0.370 e. The molecular weight excluding hydrogens is 312 g/mol. The zero-order chi connectivity index (χ0) is 13.9.